The summed E-state index contributed by atoms with van der Waals surface area (Å²) < 4.78 is 2.14. The maximum atomic E-state index is 13.3. The van der Waals surface area contributed by atoms with Crippen molar-refractivity contribution in [3.05, 3.63) is 84.2 Å². The molecule has 0 saturated carbocycles. The molecule has 1 saturated heterocycles. The van der Waals surface area contributed by atoms with Crippen LogP contribution in [0.1, 0.15) is 53.8 Å². The van der Waals surface area contributed by atoms with Crippen molar-refractivity contribution in [1.29, 1.82) is 0 Å². The van der Waals surface area contributed by atoms with Crippen LogP contribution in [0.2, 0.25) is 0 Å². The van der Waals surface area contributed by atoms with Crippen LogP contribution < -0.4 is 0 Å². The van der Waals surface area contributed by atoms with Crippen LogP contribution in [-0.2, 0) is 4.79 Å². The second-order valence-corrected chi connectivity index (χ2v) is 8.59. The molecule has 2 aliphatic rings. The zero-order chi connectivity index (χ0) is 22.1. The quantitative estimate of drug-likeness (QED) is 0.611. The Morgan fingerprint density at radius 3 is 2.50 bits per heavy atom. The van der Waals surface area contributed by atoms with Gasteiger partial charge in [-0.2, -0.15) is 0 Å². The van der Waals surface area contributed by atoms with Crippen LogP contribution in [-0.4, -0.2) is 44.2 Å². The number of carbonyl (C=O) groups excluding carboxylic acids is 2. The van der Waals surface area contributed by atoms with Crippen LogP contribution in [0.5, 0.6) is 0 Å². The lowest BCUT2D eigenvalue weighted by Gasteiger charge is -2.32. The number of Topliss-reactive ketones (excluding diaryl/α,β-unsaturated/α-hetero) is 1. The second kappa shape index (κ2) is 8.54. The summed E-state index contributed by atoms with van der Waals surface area (Å²) in [6, 6.07) is 13.8. The predicted octanol–water partition coefficient (Wildman–Crippen LogP) is 4.28. The number of hydrogen-bond donors (Lipinski definition) is 0. The molecule has 0 radical (unpaired) electrons. The number of aromatic nitrogens is 3. The minimum Gasteiger partial charge on any atom is -0.339 e. The highest BCUT2D eigenvalue weighted by atomic mass is 16.2. The Morgan fingerprint density at radius 2 is 1.78 bits per heavy atom. The van der Waals surface area contributed by atoms with Gasteiger partial charge in [-0.1, -0.05) is 30.3 Å². The highest BCUT2D eigenvalue weighted by molar-refractivity contribution is 5.96. The number of hydrogen-bond acceptors (Lipinski definition) is 4. The van der Waals surface area contributed by atoms with Gasteiger partial charge in [0.25, 0.3) is 5.91 Å². The molecule has 0 aliphatic carbocycles. The number of carbonyl (C=O) groups is 2. The third kappa shape index (κ3) is 3.66. The van der Waals surface area contributed by atoms with Crippen molar-refractivity contribution in [3.8, 4) is 0 Å². The van der Waals surface area contributed by atoms with Crippen molar-refractivity contribution < 1.29 is 9.59 Å². The normalized spacial score (nSPS) is 18.7. The standard InChI is InChI=1S/C26H26N4O2/c1-18-23-16-28-17-30(23)22(25(18)20-6-3-2-4-7-20)14-24(31)19-9-12-29(13-10-19)26(32)21-8-5-11-27-15-21/h2-8,11,15-17,19,22H,9-10,12-14H2,1H3. The smallest absolute Gasteiger partial charge is 0.255 e. The molecule has 1 fully saturated rings. The van der Waals surface area contributed by atoms with Crippen LogP contribution in [0.3, 0.4) is 0 Å². The summed E-state index contributed by atoms with van der Waals surface area (Å²) in [6.45, 7) is 3.32. The average molecular weight is 427 g/mol. The first-order valence-electron chi connectivity index (χ1n) is 11.1. The molecule has 0 N–H and O–H groups in total. The molecule has 1 aromatic carbocycles. The summed E-state index contributed by atoms with van der Waals surface area (Å²) in [5.41, 5.74) is 5.23. The van der Waals surface area contributed by atoms with E-state index in [1.165, 1.54) is 11.1 Å². The molecule has 6 nitrogen and oxygen atoms in total. The number of nitrogens with zero attached hydrogens (tertiary/aromatic N) is 4. The van der Waals surface area contributed by atoms with Gasteiger partial charge in [0, 0.05) is 37.8 Å². The van der Waals surface area contributed by atoms with E-state index in [4.69, 9.17) is 0 Å². The van der Waals surface area contributed by atoms with Gasteiger partial charge in [-0.05, 0) is 48.6 Å². The molecule has 4 heterocycles. The van der Waals surface area contributed by atoms with Gasteiger partial charge in [0.15, 0.2) is 0 Å². The van der Waals surface area contributed by atoms with Crippen molar-refractivity contribution in [2.24, 2.45) is 5.92 Å². The van der Waals surface area contributed by atoms with Crippen LogP contribution in [0.25, 0.3) is 11.1 Å². The van der Waals surface area contributed by atoms with Gasteiger partial charge in [0.2, 0.25) is 0 Å². The van der Waals surface area contributed by atoms with Crippen molar-refractivity contribution in [2.45, 2.75) is 32.2 Å². The summed E-state index contributed by atoms with van der Waals surface area (Å²) >= 11 is 0. The minimum atomic E-state index is -0.0301. The molecule has 2 aliphatic heterocycles. The topological polar surface area (TPSA) is 68.1 Å². The van der Waals surface area contributed by atoms with Gasteiger partial charge in [0.1, 0.15) is 5.78 Å². The Morgan fingerprint density at radius 1 is 1.00 bits per heavy atom. The molecule has 32 heavy (non-hydrogen) atoms. The monoisotopic (exact) mass is 426 g/mol. The first-order chi connectivity index (χ1) is 15.6. The van der Waals surface area contributed by atoms with Gasteiger partial charge >= 0.3 is 0 Å². The Balaban J connectivity index is 1.28. The molecule has 2 aromatic heterocycles. The third-order valence-corrected chi connectivity index (χ3v) is 6.75. The van der Waals surface area contributed by atoms with E-state index in [0.717, 1.165) is 11.3 Å². The fraction of sp³-hybridized carbons (Fsp3) is 0.308. The Bertz CT molecular complexity index is 1160. The van der Waals surface area contributed by atoms with E-state index in [1.54, 1.807) is 24.5 Å². The number of piperidine rings is 1. The SMILES string of the molecule is CC1=C(c2ccccc2)C(CC(=O)C2CCN(C(=O)c3cccnc3)CC2)n2cncc21. The van der Waals surface area contributed by atoms with E-state index in [2.05, 4.69) is 33.6 Å². The molecule has 162 valence electrons. The zero-order valence-corrected chi connectivity index (χ0v) is 18.1. The van der Waals surface area contributed by atoms with Crippen molar-refractivity contribution in [3.63, 3.8) is 0 Å². The van der Waals surface area contributed by atoms with Gasteiger partial charge in [-0.15, -0.1) is 0 Å². The number of pyridine rings is 1. The van der Waals surface area contributed by atoms with Crippen molar-refractivity contribution in [1.82, 2.24) is 19.4 Å². The van der Waals surface area contributed by atoms with Crippen LogP contribution in [0.4, 0.5) is 0 Å². The first kappa shape index (κ1) is 20.4. The molecule has 1 atom stereocenters. The molecule has 5 rings (SSSR count). The third-order valence-electron chi connectivity index (χ3n) is 6.75. The van der Waals surface area contributed by atoms with Crippen LogP contribution in [0.15, 0.2) is 67.4 Å². The first-order valence-corrected chi connectivity index (χ1v) is 11.1. The van der Waals surface area contributed by atoms with Gasteiger partial charge in [0.05, 0.1) is 29.8 Å². The molecule has 0 spiro atoms. The highest BCUT2D eigenvalue weighted by Crippen LogP contribution is 2.44. The molecular weight excluding hydrogens is 400 g/mol. The second-order valence-electron chi connectivity index (χ2n) is 8.59. The number of rotatable bonds is 5. The number of amides is 1. The van der Waals surface area contributed by atoms with Crippen molar-refractivity contribution in [2.75, 3.05) is 13.1 Å². The molecular formula is C26H26N4O2. The van der Waals surface area contributed by atoms with E-state index >= 15 is 0 Å². The predicted molar refractivity (Wildman–Crippen MR) is 123 cm³/mol. The molecule has 1 amide bonds. The number of ketones is 1. The lowest BCUT2D eigenvalue weighted by atomic mass is 9.86. The average Bonchev–Trinajstić information content (AvgIpc) is 3.43. The van der Waals surface area contributed by atoms with Gasteiger partial charge < -0.3 is 9.47 Å². The summed E-state index contributed by atoms with van der Waals surface area (Å²) in [6.07, 6.45) is 8.84. The van der Waals surface area contributed by atoms with Gasteiger partial charge in [-0.25, -0.2) is 4.98 Å². The summed E-state index contributed by atoms with van der Waals surface area (Å²) in [4.78, 5) is 36.2. The maximum absolute atomic E-state index is 13.3. The Hall–Kier alpha value is -3.54. The summed E-state index contributed by atoms with van der Waals surface area (Å²) in [7, 11) is 0. The number of fused-ring (bicyclic) bond motifs is 1. The Kier molecular flexibility index (Phi) is 5.43. The van der Waals surface area contributed by atoms with E-state index < -0.39 is 0 Å². The van der Waals surface area contributed by atoms with Crippen LogP contribution >= 0.6 is 0 Å². The lowest BCUT2D eigenvalue weighted by molar-refractivity contribution is -0.124. The molecule has 6 heteroatoms. The fourth-order valence-corrected chi connectivity index (χ4v) is 5.03. The number of likely N-dealkylation sites (tertiary alicyclic amines) is 1. The highest BCUT2D eigenvalue weighted by Gasteiger charge is 2.34. The largest absolute Gasteiger partial charge is 0.339 e. The lowest BCUT2D eigenvalue weighted by Crippen LogP contribution is -2.40. The summed E-state index contributed by atoms with van der Waals surface area (Å²) in [5, 5.41) is 0. The summed E-state index contributed by atoms with van der Waals surface area (Å²) in [5.74, 6) is 0.247. The molecule has 0 bridgehead atoms. The van der Waals surface area contributed by atoms with E-state index in [9.17, 15) is 9.59 Å². The van der Waals surface area contributed by atoms with E-state index in [-0.39, 0.29) is 23.7 Å². The number of allylic oxidation sites excluding steroid dienone is 2. The van der Waals surface area contributed by atoms with Gasteiger partial charge in [-0.3, -0.25) is 14.6 Å². The fourth-order valence-electron chi connectivity index (χ4n) is 5.03. The van der Waals surface area contributed by atoms with Crippen LogP contribution in [0, 0.1) is 5.92 Å². The van der Waals surface area contributed by atoms with E-state index in [0.29, 0.717) is 37.9 Å². The molecule has 3 aromatic rings. The molecule has 1 unspecified atom stereocenters. The number of imidazole rings is 1. The number of benzene rings is 1. The maximum Gasteiger partial charge on any atom is 0.255 e. The Labute approximate surface area is 187 Å². The zero-order valence-electron chi connectivity index (χ0n) is 18.1. The minimum absolute atomic E-state index is 0.00669. The van der Waals surface area contributed by atoms with E-state index in [1.807, 2.05) is 35.6 Å². The van der Waals surface area contributed by atoms with Crippen molar-refractivity contribution >= 4 is 22.8 Å².